The number of fused-ring (bicyclic) bond motifs is 1. The van der Waals surface area contributed by atoms with Crippen molar-refractivity contribution < 1.29 is 9.30 Å². The molecule has 0 bridgehead atoms. The lowest BCUT2D eigenvalue weighted by Gasteiger charge is -2.19. The molecule has 1 heterocycles. The third kappa shape index (κ3) is 3.43. The van der Waals surface area contributed by atoms with Crippen LogP contribution >= 0.6 is 0 Å². The standard InChI is InChI=1S/C22H26NO/c1-16-10-11-18(24-15-22(2,3)4)14-20(16)21-19-9-7-6-8-17(19)12-13-23(21)5/h6-14H,15H2,1-5H3/q+1. The molecule has 0 aliphatic carbocycles. The second kappa shape index (κ2) is 6.27. The van der Waals surface area contributed by atoms with Gasteiger partial charge >= 0.3 is 0 Å². The zero-order chi connectivity index (χ0) is 17.3. The molecule has 24 heavy (non-hydrogen) atoms. The molecule has 0 aliphatic rings. The van der Waals surface area contributed by atoms with Crippen LogP contribution in [0.3, 0.4) is 0 Å². The van der Waals surface area contributed by atoms with Gasteiger partial charge in [-0.2, -0.15) is 0 Å². The molecule has 0 radical (unpaired) electrons. The monoisotopic (exact) mass is 320 g/mol. The van der Waals surface area contributed by atoms with Crippen molar-refractivity contribution >= 4 is 10.8 Å². The van der Waals surface area contributed by atoms with Gasteiger partial charge in [0, 0.05) is 6.07 Å². The van der Waals surface area contributed by atoms with Crippen LogP contribution in [-0.4, -0.2) is 6.61 Å². The Kier molecular flexibility index (Phi) is 4.31. The van der Waals surface area contributed by atoms with Crippen molar-refractivity contribution in [2.45, 2.75) is 27.7 Å². The highest BCUT2D eigenvalue weighted by Gasteiger charge is 2.18. The fourth-order valence-electron chi connectivity index (χ4n) is 2.90. The number of aromatic nitrogens is 1. The molecule has 0 saturated heterocycles. The number of rotatable bonds is 3. The van der Waals surface area contributed by atoms with Gasteiger partial charge < -0.3 is 4.74 Å². The normalized spacial score (nSPS) is 11.7. The molecule has 1 aromatic heterocycles. The average Bonchev–Trinajstić information content (AvgIpc) is 2.54. The lowest BCUT2D eigenvalue weighted by molar-refractivity contribution is -0.659. The van der Waals surface area contributed by atoms with Crippen molar-refractivity contribution in [3.05, 3.63) is 60.3 Å². The molecule has 2 heteroatoms. The summed E-state index contributed by atoms with van der Waals surface area (Å²) in [6.07, 6.45) is 2.12. The Labute approximate surface area is 144 Å². The first kappa shape index (κ1) is 16.5. The number of hydrogen-bond donors (Lipinski definition) is 0. The fourth-order valence-corrected chi connectivity index (χ4v) is 2.90. The molecule has 2 nitrogen and oxygen atoms in total. The molecule has 0 N–H and O–H groups in total. The van der Waals surface area contributed by atoms with E-state index in [9.17, 15) is 0 Å². The van der Waals surface area contributed by atoms with E-state index in [1.807, 2.05) is 0 Å². The number of ether oxygens (including phenoxy) is 1. The molecule has 0 aliphatic heterocycles. The maximum Gasteiger partial charge on any atom is 0.220 e. The highest BCUT2D eigenvalue weighted by Crippen LogP contribution is 2.31. The Balaban J connectivity index is 2.11. The van der Waals surface area contributed by atoms with E-state index in [0.717, 1.165) is 5.75 Å². The van der Waals surface area contributed by atoms with Crippen LogP contribution in [0.25, 0.3) is 22.0 Å². The molecule has 3 aromatic rings. The molecule has 124 valence electrons. The SMILES string of the molecule is Cc1ccc(OCC(C)(C)C)cc1-c1c2ccccc2cc[n+]1C. The summed E-state index contributed by atoms with van der Waals surface area (Å²) in [5.41, 5.74) is 3.85. The van der Waals surface area contributed by atoms with Gasteiger partial charge in [0.1, 0.15) is 12.8 Å². The van der Waals surface area contributed by atoms with Crippen molar-refractivity contribution in [3.8, 4) is 17.0 Å². The van der Waals surface area contributed by atoms with Crippen LogP contribution in [0.1, 0.15) is 26.3 Å². The minimum Gasteiger partial charge on any atom is -0.493 e. The maximum atomic E-state index is 6.03. The first-order valence-electron chi connectivity index (χ1n) is 8.46. The summed E-state index contributed by atoms with van der Waals surface area (Å²) in [4.78, 5) is 0. The number of pyridine rings is 1. The van der Waals surface area contributed by atoms with Crippen LogP contribution in [0, 0.1) is 12.3 Å². The van der Waals surface area contributed by atoms with E-state index in [-0.39, 0.29) is 5.41 Å². The summed E-state index contributed by atoms with van der Waals surface area (Å²) in [7, 11) is 2.10. The van der Waals surface area contributed by atoms with Crippen molar-refractivity contribution in [2.24, 2.45) is 12.5 Å². The van der Waals surface area contributed by atoms with Crippen LogP contribution in [0.2, 0.25) is 0 Å². The Morgan fingerprint density at radius 2 is 1.75 bits per heavy atom. The number of benzene rings is 2. The predicted molar refractivity (Wildman–Crippen MR) is 100 cm³/mol. The van der Waals surface area contributed by atoms with Crippen LogP contribution < -0.4 is 9.30 Å². The van der Waals surface area contributed by atoms with Gasteiger partial charge in [0.25, 0.3) is 0 Å². The maximum absolute atomic E-state index is 6.03. The lowest BCUT2D eigenvalue weighted by Crippen LogP contribution is -2.30. The summed E-state index contributed by atoms with van der Waals surface area (Å²) < 4.78 is 8.22. The van der Waals surface area contributed by atoms with Crippen LogP contribution in [-0.2, 0) is 7.05 Å². The Hall–Kier alpha value is -2.35. The second-order valence-corrected chi connectivity index (χ2v) is 7.69. The van der Waals surface area contributed by atoms with Crippen molar-refractivity contribution in [3.63, 3.8) is 0 Å². The Morgan fingerprint density at radius 1 is 1.00 bits per heavy atom. The zero-order valence-electron chi connectivity index (χ0n) is 15.3. The van der Waals surface area contributed by atoms with Gasteiger partial charge in [-0.3, -0.25) is 0 Å². The first-order chi connectivity index (χ1) is 11.3. The van der Waals surface area contributed by atoms with Gasteiger partial charge in [-0.1, -0.05) is 45.0 Å². The van der Waals surface area contributed by atoms with Crippen LogP contribution in [0.4, 0.5) is 0 Å². The van der Waals surface area contributed by atoms with Gasteiger partial charge in [0.15, 0.2) is 6.20 Å². The quantitative estimate of drug-likeness (QED) is 0.614. The first-order valence-corrected chi connectivity index (χ1v) is 8.46. The Morgan fingerprint density at radius 3 is 2.50 bits per heavy atom. The highest BCUT2D eigenvalue weighted by molar-refractivity contribution is 5.93. The summed E-state index contributed by atoms with van der Waals surface area (Å²) in [5.74, 6) is 0.929. The van der Waals surface area contributed by atoms with Gasteiger partial charge in [0.2, 0.25) is 5.69 Å². The van der Waals surface area contributed by atoms with E-state index in [2.05, 4.69) is 94.0 Å². The molecule has 0 spiro atoms. The second-order valence-electron chi connectivity index (χ2n) is 7.69. The number of nitrogens with zero attached hydrogens (tertiary/aromatic N) is 1. The lowest BCUT2D eigenvalue weighted by atomic mass is 9.98. The van der Waals surface area contributed by atoms with Gasteiger partial charge in [-0.15, -0.1) is 0 Å². The minimum absolute atomic E-state index is 0.148. The van der Waals surface area contributed by atoms with E-state index in [1.165, 1.54) is 27.6 Å². The fraction of sp³-hybridized carbons (Fsp3) is 0.318. The summed E-state index contributed by atoms with van der Waals surface area (Å²) >= 11 is 0. The van der Waals surface area contributed by atoms with Crippen LogP contribution in [0.5, 0.6) is 5.75 Å². The van der Waals surface area contributed by atoms with E-state index >= 15 is 0 Å². The largest absolute Gasteiger partial charge is 0.493 e. The molecule has 0 amide bonds. The van der Waals surface area contributed by atoms with E-state index in [0.29, 0.717) is 6.61 Å². The van der Waals surface area contributed by atoms with Gasteiger partial charge in [-0.05, 0) is 41.5 Å². The molecular formula is C22H26NO+. The molecule has 0 saturated carbocycles. The smallest absolute Gasteiger partial charge is 0.220 e. The van der Waals surface area contributed by atoms with E-state index in [1.54, 1.807) is 0 Å². The van der Waals surface area contributed by atoms with Crippen LogP contribution in [0.15, 0.2) is 54.7 Å². The van der Waals surface area contributed by atoms with E-state index < -0.39 is 0 Å². The number of aryl methyl sites for hydroxylation is 2. The third-order valence-electron chi connectivity index (χ3n) is 4.18. The molecule has 2 aromatic carbocycles. The van der Waals surface area contributed by atoms with Gasteiger partial charge in [-0.25, -0.2) is 4.57 Å². The molecule has 3 rings (SSSR count). The summed E-state index contributed by atoms with van der Waals surface area (Å²) in [6.45, 7) is 9.42. The molecule has 0 atom stereocenters. The summed E-state index contributed by atoms with van der Waals surface area (Å²) in [5, 5.41) is 2.52. The number of hydrogen-bond acceptors (Lipinski definition) is 1. The van der Waals surface area contributed by atoms with Crippen molar-refractivity contribution in [1.82, 2.24) is 0 Å². The van der Waals surface area contributed by atoms with E-state index in [4.69, 9.17) is 4.74 Å². The minimum atomic E-state index is 0.148. The average molecular weight is 320 g/mol. The van der Waals surface area contributed by atoms with Gasteiger partial charge in [0.05, 0.1) is 17.6 Å². The van der Waals surface area contributed by atoms with Crippen molar-refractivity contribution in [1.29, 1.82) is 0 Å². The summed E-state index contributed by atoms with van der Waals surface area (Å²) in [6, 6.07) is 17.1. The predicted octanol–water partition coefficient (Wildman–Crippen LogP) is 5.06. The zero-order valence-corrected chi connectivity index (χ0v) is 15.3. The van der Waals surface area contributed by atoms with Crippen molar-refractivity contribution in [2.75, 3.05) is 6.61 Å². The molecule has 0 unspecified atom stereocenters. The third-order valence-corrected chi connectivity index (χ3v) is 4.18. The molecular weight excluding hydrogens is 294 g/mol. The highest BCUT2D eigenvalue weighted by atomic mass is 16.5. The topological polar surface area (TPSA) is 13.1 Å². The Bertz CT molecular complexity index is 875. The molecule has 0 fully saturated rings.